The van der Waals surface area contributed by atoms with Gasteiger partial charge in [-0.3, -0.25) is 10.1 Å². The predicted octanol–water partition coefficient (Wildman–Crippen LogP) is 2.61. The number of hydrogen-bond donors (Lipinski definition) is 1. The second-order valence-electron chi connectivity index (χ2n) is 4.55. The molecule has 6 nitrogen and oxygen atoms in total. The molecular weight excluding hydrogens is 292 g/mol. The van der Waals surface area contributed by atoms with Crippen LogP contribution >= 0.6 is 0 Å². The van der Waals surface area contributed by atoms with Crippen molar-refractivity contribution in [2.75, 3.05) is 11.6 Å². The maximum atomic E-state index is 11.7. The minimum absolute atomic E-state index is 0.00528. The lowest BCUT2D eigenvalue weighted by molar-refractivity contribution is -0.384. The Balaban J connectivity index is 2.21. The van der Waals surface area contributed by atoms with E-state index in [1.54, 1.807) is 30.3 Å². The van der Waals surface area contributed by atoms with Gasteiger partial charge in [-0.2, -0.15) is 0 Å². The maximum Gasteiger partial charge on any atom is 0.269 e. The first-order chi connectivity index (χ1) is 9.88. The highest BCUT2D eigenvalue weighted by Crippen LogP contribution is 2.22. The lowest BCUT2D eigenvalue weighted by atomic mass is 10.2. The molecule has 0 saturated carbocycles. The molecule has 2 aromatic rings. The molecule has 0 aliphatic heterocycles. The van der Waals surface area contributed by atoms with Crippen molar-refractivity contribution < 1.29 is 13.3 Å². The number of nitro groups is 1. The zero-order valence-electron chi connectivity index (χ0n) is 11.3. The third-order valence-electron chi connectivity index (χ3n) is 2.89. The van der Waals surface area contributed by atoms with Gasteiger partial charge in [-0.05, 0) is 17.7 Å². The first-order valence-electron chi connectivity index (χ1n) is 6.14. The van der Waals surface area contributed by atoms with Gasteiger partial charge in [0.15, 0.2) is 9.84 Å². The summed E-state index contributed by atoms with van der Waals surface area (Å²) >= 11 is 0. The molecule has 0 amide bonds. The van der Waals surface area contributed by atoms with Crippen molar-refractivity contribution in [3.63, 3.8) is 0 Å². The number of hydrogen-bond acceptors (Lipinski definition) is 5. The molecular formula is C14H14N2O4S. The zero-order valence-corrected chi connectivity index (χ0v) is 12.1. The molecule has 2 rings (SSSR count). The molecule has 0 spiro atoms. The molecule has 0 atom stereocenters. The fourth-order valence-corrected chi connectivity index (χ4v) is 2.78. The second kappa shape index (κ2) is 5.92. The number of sulfone groups is 1. The fraction of sp³-hybridized carbons (Fsp3) is 0.143. The van der Waals surface area contributed by atoms with Gasteiger partial charge in [0, 0.05) is 24.9 Å². The molecule has 7 heteroatoms. The monoisotopic (exact) mass is 306 g/mol. The summed E-state index contributed by atoms with van der Waals surface area (Å²) in [6.07, 6.45) is 1.14. The highest BCUT2D eigenvalue weighted by atomic mass is 32.2. The molecule has 0 heterocycles. The summed E-state index contributed by atoms with van der Waals surface area (Å²) in [6.45, 7) is 0.300. The van der Waals surface area contributed by atoms with Crippen LogP contribution in [0.15, 0.2) is 53.4 Å². The first-order valence-corrected chi connectivity index (χ1v) is 8.03. The SMILES string of the molecule is CS(=O)(=O)c1ccccc1NCc1cccc([N+](=O)[O-])c1. The van der Waals surface area contributed by atoms with Crippen molar-refractivity contribution in [3.8, 4) is 0 Å². The van der Waals surface area contributed by atoms with E-state index in [9.17, 15) is 18.5 Å². The number of non-ortho nitro benzene ring substituents is 1. The number of nitrogens with one attached hydrogen (secondary N) is 1. The van der Waals surface area contributed by atoms with Crippen LogP contribution in [-0.2, 0) is 16.4 Å². The van der Waals surface area contributed by atoms with Gasteiger partial charge in [-0.15, -0.1) is 0 Å². The number of rotatable bonds is 5. The van der Waals surface area contributed by atoms with E-state index in [1.165, 1.54) is 18.2 Å². The summed E-state index contributed by atoms with van der Waals surface area (Å²) in [4.78, 5) is 10.5. The third-order valence-corrected chi connectivity index (χ3v) is 4.05. The molecule has 1 N–H and O–H groups in total. The highest BCUT2D eigenvalue weighted by Gasteiger charge is 2.12. The normalized spacial score (nSPS) is 11.1. The first kappa shape index (κ1) is 15.0. The average molecular weight is 306 g/mol. The Kier molecular flexibility index (Phi) is 4.23. The highest BCUT2D eigenvalue weighted by molar-refractivity contribution is 7.90. The van der Waals surface area contributed by atoms with Crippen molar-refractivity contribution in [1.29, 1.82) is 0 Å². The molecule has 2 aromatic carbocycles. The zero-order chi connectivity index (χ0) is 15.5. The van der Waals surface area contributed by atoms with E-state index in [2.05, 4.69) is 5.32 Å². The van der Waals surface area contributed by atoms with Gasteiger partial charge < -0.3 is 5.32 Å². The summed E-state index contributed by atoms with van der Waals surface area (Å²) in [6, 6.07) is 12.8. The van der Waals surface area contributed by atoms with E-state index >= 15 is 0 Å². The Morgan fingerprint density at radius 3 is 2.52 bits per heavy atom. The van der Waals surface area contributed by atoms with Crippen LogP contribution in [-0.4, -0.2) is 19.6 Å². The molecule has 0 aromatic heterocycles. The van der Waals surface area contributed by atoms with Crippen LogP contribution in [0, 0.1) is 10.1 Å². The molecule has 0 radical (unpaired) electrons. The van der Waals surface area contributed by atoms with Crippen molar-refractivity contribution in [2.45, 2.75) is 11.4 Å². The van der Waals surface area contributed by atoms with E-state index in [1.807, 2.05) is 0 Å². The van der Waals surface area contributed by atoms with Gasteiger partial charge in [0.05, 0.1) is 15.5 Å². The van der Waals surface area contributed by atoms with Gasteiger partial charge in [-0.1, -0.05) is 24.3 Å². The van der Waals surface area contributed by atoms with E-state index < -0.39 is 14.8 Å². The number of nitro benzene ring substituents is 1. The van der Waals surface area contributed by atoms with Crippen molar-refractivity contribution in [2.24, 2.45) is 0 Å². The van der Waals surface area contributed by atoms with Crippen LogP contribution in [0.4, 0.5) is 11.4 Å². The van der Waals surface area contributed by atoms with Crippen LogP contribution < -0.4 is 5.32 Å². The van der Waals surface area contributed by atoms with Crippen LogP contribution in [0.1, 0.15) is 5.56 Å². The standard InChI is InChI=1S/C14H14N2O4S/c1-21(19,20)14-8-3-2-7-13(14)15-10-11-5-4-6-12(9-11)16(17)18/h2-9,15H,10H2,1H3. The van der Waals surface area contributed by atoms with E-state index in [0.717, 1.165) is 6.26 Å². The van der Waals surface area contributed by atoms with Crippen LogP contribution in [0.5, 0.6) is 0 Å². The summed E-state index contributed by atoms with van der Waals surface area (Å²) in [7, 11) is -3.33. The molecule has 0 unspecified atom stereocenters. The number of anilines is 1. The number of para-hydroxylation sites is 1. The van der Waals surface area contributed by atoms with Crippen LogP contribution in [0.2, 0.25) is 0 Å². The summed E-state index contributed by atoms with van der Waals surface area (Å²) in [5.74, 6) is 0. The number of nitrogens with zero attached hydrogens (tertiary/aromatic N) is 1. The van der Waals surface area contributed by atoms with Gasteiger partial charge in [0.25, 0.3) is 5.69 Å². The van der Waals surface area contributed by atoms with Gasteiger partial charge >= 0.3 is 0 Å². The minimum atomic E-state index is -3.33. The Morgan fingerprint density at radius 1 is 1.14 bits per heavy atom. The van der Waals surface area contributed by atoms with Crippen molar-refractivity contribution >= 4 is 21.2 Å². The smallest absolute Gasteiger partial charge is 0.269 e. The average Bonchev–Trinajstić information content (AvgIpc) is 2.45. The quantitative estimate of drug-likeness (QED) is 0.677. The minimum Gasteiger partial charge on any atom is -0.380 e. The lowest BCUT2D eigenvalue weighted by Gasteiger charge is -2.10. The molecule has 0 fully saturated rings. The van der Waals surface area contributed by atoms with Crippen LogP contribution in [0.25, 0.3) is 0 Å². The largest absolute Gasteiger partial charge is 0.380 e. The Labute approximate surface area is 122 Å². The second-order valence-corrected chi connectivity index (χ2v) is 6.53. The molecule has 0 bridgehead atoms. The van der Waals surface area contributed by atoms with Crippen molar-refractivity contribution in [1.82, 2.24) is 0 Å². The molecule has 0 saturated heterocycles. The fourth-order valence-electron chi connectivity index (χ4n) is 1.91. The molecule has 0 aliphatic rings. The van der Waals surface area contributed by atoms with E-state index in [-0.39, 0.29) is 10.6 Å². The Morgan fingerprint density at radius 2 is 1.86 bits per heavy atom. The third kappa shape index (κ3) is 3.79. The van der Waals surface area contributed by atoms with Gasteiger partial charge in [0.2, 0.25) is 0 Å². The summed E-state index contributed by atoms with van der Waals surface area (Å²) in [5.41, 5.74) is 1.18. The molecule has 0 aliphatic carbocycles. The topological polar surface area (TPSA) is 89.3 Å². The summed E-state index contributed by atoms with van der Waals surface area (Å²) < 4.78 is 23.4. The van der Waals surface area contributed by atoms with Gasteiger partial charge in [0.1, 0.15) is 0 Å². The predicted molar refractivity (Wildman–Crippen MR) is 80.0 cm³/mol. The van der Waals surface area contributed by atoms with E-state index in [0.29, 0.717) is 17.8 Å². The Hall–Kier alpha value is -2.41. The molecule has 21 heavy (non-hydrogen) atoms. The van der Waals surface area contributed by atoms with Gasteiger partial charge in [-0.25, -0.2) is 8.42 Å². The van der Waals surface area contributed by atoms with Crippen molar-refractivity contribution in [3.05, 3.63) is 64.2 Å². The molecule has 110 valence electrons. The Bertz CT molecular complexity index is 772. The number of benzene rings is 2. The van der Waals surface area contributed by atoms with Crippen LogP contribution in [0.3, 0.4) is 0 Å². The summed E-state index contributed by atoms with van der Waals surface area (Å²) in [5, 5.41) is 13.7. The van der Waals surface area contributed by atoms with E-state index in [4.69, 9.17) is 0 Å². The lowest BCUT2D eigenvalue weighted by Crippen LogP contribution is -2.06. The maximum absolute atomic E-state index is 11.7.